The third-order valence-electron chi connectivity index (χ3n) is 12.1. The third kappa shape index (κ3) is 9.40. The lowest BCUT2D eigenvalue weighted by Gasteiger charge is -2.51. The normalized spacial score (nSPS) is 19.5. The van der Waals surface area contributed by atoms with Crippen LogP contribution in [0.2, 0.25) is 0 Å². The van der Waals surface area contributed by atoms with Crippen LogP contribution in [0.3, 0.4) is 0 Å². The summed E-state index contributed by atoms with van der Waals surface area (Å²) in [5.41, 5.74) is 5.35. The molecule has 3 saturated heterocycles. The molecule has 6 aromatic rings. The number of fused-ring (bicyclic) bond motifs is 4. The number of aliphatic hydroxyl groups is 1. The molecule has 3 aliphatic heterocycles. The van der Waals surface area contributed by atoms with E-state index in [9.17, 15) is 24.6 Å². The topological polar surface area (TPSA) is 138 Å². The summed E-state index contributed by atoms with van der Waals surface area (Å²) in [7, 11) is 0. The summed E-state index contributed by atoms with van der Waals surface area (Å²) in [6.07, 6.45) is 2.43. The molecular weight excluding hydrogens is 743 g/mol. The van der Waals surface area contributed by atoms with Crippen molar-refractivity contribution < 1.29 is 33.8 Å². The Labute approximate surface area is 343 Å². The number of aryl methyl sites for hydroxylation is 1. The van der Waals surface area contributed by atoms with Crippen LogP contribution < -0.4 is 15.6 Å². The largest absolute Gasteiger partial charge is 0.506 e. The van der Waals surface area contributed by atoms with Crippen LogP contribution in [0.4, 0.5) is 4.79 Å². The van der Waals surface area contributed by atoms with Gasteiger partial charge in [0.1, 0.15) is 31.2 Å². The number of pyridine rings is 1. The monoisotopic (exact) mass is 792 g/mol. The number of ether oxygens (including phenoxy) is 2. The van der Waals surface area contributed by atoms with Gasteiger partial charge in [0, 0.05) is 35.8 Å². The molecule has 5 aromatic carbocycles. The van der Waals surface area contributed by atoms with Crippen LogP contribution in [0.25, 0.3) is 10.9 Å². The number of rotatable bonds is 15. The second-order valence-electron chi connectivity index (χ2n) is 16.1. The van der Waals surface area contributed by atoms with E-state index in [2.05, 4.69) is 22.4 Å². The molecule has 3 aliphatic rings. The van der Waals surface area contributed by atoms with E-state index < -0.39 is 18.2 Å². The fourth-order valence-corrected chi connectivity index (χ4v) is 8.85. The number of hydrogen-bond acceptors (Lipinski definition) is 7. The highest BCUT2D eigenvalue weighted by molar-refractivity contribution is 5.97. The smallest absolute Gasteiger partial charge is 0.408 e. The number of benzene rings is 5. The Balaban J connectivity index is 0.863. The number of nitrogens with zero attached hydrogens (tertiary/aromatic N) is 1. The summed E-state index contributed by atoms with van der Waals surface area (Å²) in [4.78, 5) is 41.3. The highest BCUT2D eigenvalue weighted by atomic mass is 16.6. The minimum Gasteiger partial charge on any atom is -0.506 e. The van der Waals surface area contributed by atoms with Gasteiger partial charge in [-0.05, 0) is 71.3 Å². The van der Waals surface area contributed by atoms with Crippen molar-refractivity contribution in [1.82, 2.24) is 10.3 Å². The number of phenolic OH excluding ortho intramolecular Hbond substituents is 1. The number of carbonyl (C=O) groups excluding carboxylic acids is 2. The Morgan fingerprint density at radius 1 is 0.814 bits per heavy atom. The first-order valence-electron chi connectivity index (χ1n) is 20.5. The van der Waals surface area contributed by atoms with Gasteiger partial charge in [0.05, 0.1) is 30.8 Å². The molecule has 4 heterocycles. The van der Waals surface area contributed by atoms with E-state index >= 15 is 0 Å². The summed E-state index contributed by atoms with van der Waals surface area (Å²) in [6.45, 7) is 3.27. The van der Waals surface area contributed by atoms with E-state index in [0.717, 1.165) is 66.6 Å². The lowest BCUT2D eigenvalue weighted by atomic mass is 9.83. The molecule has 59 heavy (non-hydrogen) atoms. The van der Waals surface area contributed by atoms with Crippen molar-refractivity contribution in [2.45, 2.75) is 57.0 Å². The number of phenols is 1. The lowest BCUT2D eigenvalue weighted by molar-refractivity contribution is -0.938. The molecule has 4 N–H and O–H groups in total. The summed E-state index contributed by atoms with van der Waals surface area (Å²) >= 11 is 0. The predicted molar refractivity (Wildman–Crippen MR) is 226 cm³/mol. The van der Waals surface area contributed by atoms with Gasteiger partial charge in [0.2, 0.25) is 11.3 Å². The zero-order chi connectivity index (χ0) is 40.8. The van der Waals surface area contributed by atoms with Gasteiger partial charge >= 0.3 is 6.09 Å². The van der Waals surface area contributed by atoms with Crippen LogP contribution in [0.15, 0.2) is 138 Å². The van der Waals surface area contributed by atoms with E-state index in [-0.39, 0.29) is 29.1 Å². The number of amides is 1. The first kappa shape index (κ1) is 39.6. The molecule has 1 unspecified atom stereocenters. The number of aromatic hydroxyl groups is 1. The van der Waals surface area contributed by atoms with Gasteiger partial charge in [0.15, 0.2) is 6.10 Å². The maximum absolute atomic E-state index is 13.7. The molecule has 1 aromatic heterocycles. The zero-order valence-corrected chi connectivity index (χ0v) is 33.0. The van der Waals surface area contributed by atoms with E-state index in [4.69, 9.17) is 9.47 Å². The SMILES string of the molecule is O=C(NC(c1ccccc1)c1cccc(OCc2ccc(CCC[C@H](O)c3ccc(O)c4[nH]c(=O)ccc34)cc2)c1)O[C@H]1C[N+]2(CC(=O)c3ccccc3)CCC1CC2. The van der Waals surface area contributed by atoms with Crippen LogP contribution in [-0.4, -0.2) is 63.8 Å². The number of piperidine rings is 3. The Kier molecular flexibility index (Phi) is 11.9. The number of aliphatic hydroxyl groups excluding tert-OH is 1. The van der Waals surface area contributed by atoms with Crippen LogP contribution in [-0.2, 0) is 17.8 Å². The molecular formula is C49H50N3O7+. The first-order chi connectivity index (χ1) is 28.7. The van der Waals surface area contributed by atoms with Crippen molar-refractivity contribution in [3.63, 3.8) is 0 Å². The molecule has 9 rings (SSSR count). The summed E-state index contributed by atoms with van der Waals surface area (Å²) in [5.74, 6) is 1.06. The number of aromatic nitrogens is 1. The van der Waals surface area contributed by atoms with Crippen molar-refractivity contribution in [1.29, 1.82) is 0 Å². The van der Waals surface area contributed by atoms with Crippen molar-refractivity contribution in [3.05, 3.63) is 177 Å². The standard InChI is InChI=1S/C49H49N3O7/c53-42(40-21-23-43(54)48-41(40)22-24-46(56)50-48)16-7-9-33-17-19-34(20-18-33)32-58-39-15-8-14-38(29-39)47(37-12-5-2-6-13-37)51-49(57)59-45-31-52(27-25-36(45)26-28-52)30-44(55)35-10-3-1-4-11-35/h1-6,8,10-15,17-24,29,36,42,45,47,53H,7,9,16,25-28,30-32H2,(H2-,50,51,54,56,57)/p+1/t36?,42-,45-,47?,52?/m0/s1. The van der Waals surface area contributed by atoms with Crippen LogP contribution >= 0.6 is 0 Å². The van der Waals surface area contributed by atoms with Gasteiger partial charge in [0.25, 0.3) is 0 Å². The van der Waals surface area contributed by atoms with Gasteiger partial charge in [-0.3, -0.25) is 9.59 Å². The van der Waals surface area contributed by atoms with Crippen molar-refractivity contribution >= 4 is 22.8 Å². The lowest BCUT2D eigenvalue weighted by Crippen LogP contribution is -2.66. The molecule has 302 valence electrons. The Hall–Kier alpha value is -6.23. The van der Waals surface area contributed by atoms with Crippen LogP contribution in [0.5, 0.6) is 11.5 Å². The van der Waals surface area contributed by atoms with Crippen LogP contribution in [0.1, 0.15) is 76.0 Å². The van der Waals surface area contributed by atoms with E-state index in [1.807, 2.05) is 97.1 Å². The molecule has 10 heteroatoms. The summed E-state index contributed by atoms with van der Waals surface area (Å²) in [6, 6.07) is 41.0. The number of aromatic amines is 1. The van der Waals surface area contributed by atoms with Gasteiger partial charge < -0.3 is 34.5 Å². The highest BCUT2D eigenvalue weighted by Gasteiger charge is 2.48. The molecule has 0 aliphatic carbocycles. The highest BCUT2D eigenvalue weighted by Crippen LogP contribution is 2.36. The van der Waals surface area contributed by atoms with Crippen molar-refractivity contribution in [3.8, 4) is 11.5 Å². The maximum Gasteiger partial charge on any atom is 0.408 e. The molecule has 0 spiro atoms. The molecule has 0 radical (unpaired) electrons. The number of hydrogen-bond donors (Lipinski definition) is 4. The van der Waals surface area contributed by atoms with Gasteiger partial charge in [-0.25, -0.2) is 4.79 Å². The van der Waals surface area contributed by atoms with E-state index in [1.165, 1.54) is 12.1 Å². The number of nitrogens with one attached hydrogen (secondary N) is 2. The first-order valence-corrected chi connectivity index (χ1v) is 20.5. The second-order valence-corrected chi connectivity index (χ2v) is 16.1. The fourth-order valence-electron chi connectivity index (χ4n) is 8.85. The van der Waals surface area contributed by atoms with E-state index in [1.54, 1.807) is 12.1 Å². The maximum atomic E-state index is 13.7. The van der Waals surface area contributed by atoms with E-state index in [0.29, 0.717) is 52.8 Å². The molecule has 1 amide bonds. The minimum atomic E-state index is -0.739. The predicted octanol–water partition coefficient (Wildman–Crippen LogP) is 8.18. The number of carbonyl (C=O) groups is 2. The molecule has 2 bridgehead atoms. The zero-order valence-electron chi connectivity index (χ0n) is 33.0. The Bertz CT molecular complexity index is 2440. The average molecular weight is 793 g/mol. The molecule has 10 nitrogen and oxygen atoms in total. The van der Waals surface area contributed by atoms with Crippen LogP contribution in [0, 0.1) is 5.92 Å². The number of ketones is 1. The summed E-state index contributed by atoms with van der Waals surface area (Å²) in [5, 5.41) is 24.9. The van der Waals surface area contributed by atoms with Crippen molar-refractivity contribution in [2.75, 3.05) is 26.2 Å². The summed E-state index contributed by atoms with van der Waals surface area (Å²) < 4.78 is 13.1. The Morgan fingerprint density at radius 2 is 1.53 bits per heavy atom. The minimum absolute atomic E-state index is 0.0263. The Morgan fingerprint density at radius 3 is 2.29 bits per heavy atom. The number of alkyl carbamates (subject to hydrolysis) is 1. The van der Waals surface area contributed by atoms with Crippen molar-refractivity contribution in [2.24, 2.45) is 5.92 Å². The second kappa shape index (κ2) is 17.7. The fraction of sp³-hybridized carbons (Fsp3) is 0.286. The number of H-pyrrole nitrogens is 1. The third-order valence-corrected chi connectivity index (χ3v) is 12.1. The van der Waals surface area contributed by atoms with Gasteiger partial charge in [-0.2, -0.15) is 0 Å². The molecule has 3 fully saturated rings. The number of Topliss-reactive ketones (excluding diaryl/α,β-unsaturated/α-hetero) is 1. The van der Waals surface area contributed by atoms with Gasteiger partial charge in [-0.15, -0.1) is 0 Å². The van der Waals surface area contributed by atoms with Gasteiger partial charge in [-0.1, -0.05) is 103 Å². The molecule has 0 saturated carbocycles. The molecule has 3 atom stereocenters. The number of quaternary nitrogens is 1. The average Bonchev–Trinajstić information content (AvgIpc) is 3.26. The quantitative estimate of drug-likeness (QED) is 0.0608.